The van der Waals surface area contributed by atoms with Crippen LogP contribution in [0, 0.1) is 0 Å². The molecule has 0 aliphatic heterocycles. The van der Waals surface area contributed by atoms with Crippen molar-refractivity contribution in [1.82, 2.24) is 19.9 Å². The smallest absolute Gasteiger partial charge is 0.171 e. The maximum Gasteiger partial charge on any atom is 0.171 e. The minimum Gasteiger partial charge on any atom is -0.339 e. The molecule has 0 saturated carbocycles. The van der Waals surface area contributed by atoms with E-state index < -0.39 is 0 Å². The van der Waals surface area contributed by atoms with E-state index in [1.807, 2.05) is 0 Å². The lowest BCUT2D eigenvalue weighted by molar-refractivity contribution is 0.996. The number of hydrogen-bond acceptors (Lipinski definition) is 6. The Labute approximate surface area is 98.2 Å². The molecule has 0 aliphatic carbocycles. The number of anilines is 1. The lowest BCUT2D eigenvalue weighted by Crippen LogP contribution is -2.09. The molecule has 6 nitrogen and oxygen atoms in total. The van der Waals surface area contributed by atoms with Crippen molar-refractivity contribution in [2.24, 2.45) is 5.84 Å². The van der Waals surface area contributed by atoms with Crippen molar-refractivity contribution < 1.29 is 0 Å². The van der Waals surface area contributed by atoms with Gasteiger partial charge in [0.05, 0.1) is 4.47 Å². The van der Waals surface area contributed by atoms with Gasteiger partial charge in [0, 0.05) is 12.4 Å². The van der Waals surface area contributed by atoms with E-state index in [4.69, 9.17) is 5.84 Å². The summed E-state index contributed by atoms with van der Waals surface area (Å²) < 4.78 is 0.717. The van der Waals surface area contributed by atoms with Crippen LogP contribution >= 0.6 is 27.7 Å². The van der Waals surface area contributed by atoms with Gasteiger partial charge in [-0.15, -0.1) is 0 Å². The van der Waals surface area contributed by atoms with Crippen LogP contribution in [0.4, 0.5) is 5.82 Å². The van der Waals surface area contributed by atoms with Gasteiger partial charge in [-0.2, -0.15) is 0 Å². The zero-order chi connectivity index (χ0) is 10.7. The van der Waals surface area contributed by atoms with Crippen molar-refractivity contribution in [2.45, 2.75) is 10.2 Å². The summed E-state index contributed by atoms with van der Waals surface area (Å²) in [5.41, 5.74) is 2.47. The highest BCUT2D eigenvalue weighted by molar-refractivity contribution is 9.10. The largest absolute Gasteiger partial charge is 0.339 e. The average molecular weight is 287 g/mol. The fraction of sp³-hybridized carbons (Fsp3) is 0. The Morgan fingerprint density at radius 3 is 2.93 bits per heavy atom. The zero-order valence-corrected chi connectivity index (χ0v) is 9.84. The van der Waals surface area contributed by atoms with Gasteiger partial charge in [0.15, 0.2) is 11.0 Å². The second-order valence-corrected chi connectivity index (χ2v) is 4.25. The number of nitrogen functional groups attached to an aromatic ring is 1. The fourth-order valence-corrected chi connectivity index (χ4v) is 2.20. The van der Waals surface area contributed by atoms with Crippen LogP contribution in [0.5, 0.6) is 0 Å². The molecule has 8 heteroatoms. The quantitative estimate of drug-likeness (QED) is 0.449. The number of aromatic amines is 1. The van der Waals surface area contributed by atoms with E-state index in [0.29, 0.717) is 10.3 Å². The molecule has 0 atom stereocenters. The maximum atomic E-state index is 5.29. The number of H-pyrrole nitrogens is 1. The molecule has 4 N–H and O–H groups in total. The third-order valence-corrected chi connectivity index (χ3v) is 3.49. The normalized spacial score (nSPS) is 10.3. The van der Waals surface area contributed by atoms with Crippen LogP contribution in [-0.4, -0.2) is 19.9 Å². The summed E-state index contributed by atoms with van der Waals surface area (Å²) in [7, 11) is 0. The van der Waals surface area contributed by atoms with Crippen molar-refractivity contribution >= 4 is 33.5 Å². The Hall–Kier alpha value is -1.12. The summed E-state index contributed by atoms with van der Waals surface area (Å²) in [4.78, 5) is 15.1. The van der Waals surface area contributed by atoms with E-state index in [9.17, 15) is 0 Å². The maximum absolute atomic E-state index is 5.29. The predicted octanol–water partition coefficient (Wildman–Crippen LogP) is 1.40. The average Bonchev–Trinajstić information content (AvgIpc) is 2.74. The predicted molar refractivity (Wildman–Crippen MR) is 60.3 cm³/mol. The van der Waals surface area contributed by atoms with Gasteiger partial charge in [-0.05, 0) is 27.7 Å². The summed E-state index contributed by atoms with van der Waals surface area (Å²) in [5.74, 6) is 5.83. The molecule has 0 spiro atoms. The SMILES string of the molecule is NNc1ncnc(Sc2ncc[nH]2)c1Br. The topological polar surface area (TPSA) is 92.5 Å². The Morgan fingerprint density at radius 2 is 2.27 bits per heavy atom. The fourth-order valence-electron chi connectivity index (χ4n) is 0.924. The Balaban J connectivity index is 2.29. The molecule has 2 heterocycles. The van der Waals surface area contributed by atoms with Gasteiger partial charge >= 0.3 is 0 Å². The van der Waals surface area contributed by atoms with Crippen LogP contribution < -0.4 is 11.3 Å². The number of aromatic nitrogens is 4. The zero-order valence-electron chi connectivity index (χ0n) is 7.44. The first-order valence-electron chi connectivity index (χ1n) is 3.95. The van der Waals surface area contributed by atoms with E-state index in [-0.39, 0.29) is 0 Å². The van der Waals surface area contributed by atoms with E-state index in [0.717, 1.165) is 10.2 Å². The van der Waals surface area contributed by atoms with Gasteiger partial charge in [0.1, 0.15) is 11.4 Å². The summed E-state index contributed by atoms with van der Waals surface area (Å²) in [6.45, 7) is 0. The molecule has 15 heavy (non-hydrogen) atoms. The van der Waals surface area contributed by atoms with E-state index >= 15 is 0 Å². The lowest BCUT2D eigenvalue weighted by atomic mass is 10.6. The van der Waals surface area contributed by atoms with Gasteiger partial charge in [-0.25, -0.2) is 20.8 Å². The molecular weight excluding hydrogens is 280 g/mol. The van der Waals surface area contributed by atoms with Crippen LogP contribution in [0.15, 0.2) is 33.4 Å². The number of nitrogens with zero attached hydrogens (tertiary/aromatic N) is 3. The molecule has 0 amide bonds. The first kappa shape index (κ1) is 10.4. The molecule has 2 aromatic heterocycles. The highest BCUT2D eigenvalue weighted by Crippen LogP contribution is 2.32. The minimum absolute atomic E-state index is 0.541. The van der Waals surface area contributed by atoms with Crippen molar-refractivity contribution in [3.63, 3.8) is 0 Å². The molecule has 2 rings (SSSR count). The van der Waals surface area contributed by atoms with Crippen molar-refractivity contribution in [2.75, 3.05) is 5.43 Å². The van der Waals surface area contributed by atoms with Crippen LogP contribution in [0.2, 0.25) is 0 Å². The number of imidazole rings is 1. The van der Waals surface area contributed by atoms with E-state index in [1.165, 1.54) is 18.1 Å². The Kier molecular flexibility index (Phi) is 3.19. The highest BCUT2D eigenvalue weighted by Gasteiger charge is 2.09. The van der Waals surface area contributed by atoms with Gasteiger partial charge < -0.3 is 10.4 Å². The second-order valence-electron chi connectivity index (χ2n) is 2.48. The first-order valence-corrected chi connectivity index (χ1v) is 5.56. The van der Waals surface area contributed by atoms with Gasteiger partial charge in [0.2, 0.25) is 0 Å². The monoisotopic (exact) mass is 286 g/mol. The third-order valence-electron chi connectivity index (χ3n) is 1.56. The van der Waals surface area contributed by atoms with Crippen LogP contribution in [0.3, 0.4) is 0 Å². The standard InChI is InChI=1S/C7H7BrN6S/c8-4-5(14-9)12-3-13-6(4)15-7-10-1-2-11-7/h1-3H,9H2,(H,10,11)(H,12,13,14). The molecular formula is C7H7BrN6S. The van der Waals surface area contributed by atoms with E-state index in [1.54, 1.807) is 12.4 Å². The molecule has 0 aromatic carbocycles. The first-order chi connectivity index (χ1) is 7.31. The molecule has 0 bridgehead atoms. The Morgan fingerprint density at radius 1 is 1.40 bits per heavy atom. The number of hydrogen-bond donors (Lipinski definition) is 3. The van der Waals surface area contributed by atoms with Crippen molar-refractivity contribution in [1.29, 1.82) is 0 Å². The number of halogens is 1. The van der Waals surface area contributed by atoms with Crippen molar-refractivity contribution in [3.05, 3.63) is 23.2 Å². The lowest BCUT2D eigenvalue weighted by Gasteiger charge is -2.04. The number of hydrazine groups is 1. The third kappa shape index (κ3) is 2.28. The number of nitrogens with two attached hydrogens (primary N) is 1. The number of nitrogens with one attached hydrogen (secondary N) is 2. The van der Waals surface area contributed by atoms with E-state index in [2.05, 4.69) is 41.3 Å². The summed E-state index contributed by atoms with van der Waals surface area (Å²) in [6.07, 6.45) is 4.87. The van der Waals surface area contributed by atoms with Crippen LogP contribution in [0.1, 0.15) is 0 Å². The molecule has 2 aromatic rings. The molecule has 0 saturated heterocycles. The highest BCUT2D eigenvalue weighted by atomic mass is 79.9. The molecule has 78 valence electrons. The van der Waals surface area contributed by atoms with Gasteiger partial charge in [-0.3, -0.25) is 0 Å². The molecule has 0 radical (unpaired) electrons. The Bertz CT molecular complexity index is 445. The summed E-state index contributed by atoms with van der Waals surface area (Å²) in [5, 5.41) is 1.50. The molecule has 0 fully saturated rings. The molecule has 0 aliphatic rings. The minimum atomic E-state index is 0.541. The second kappa shape index (κ2) is 4.60. The van der Waals surface area contributed by atoms with Gasteiger partial charge in [0.25, 0.3) is 0 Å². The van der Waals surface area contributed by atoms with Crippen LogP contribution in [-0.2, 0) is 0 Å². The molecule has 0 unspecified atom stereocenters. The van der Waals surface area contributed by atoms with Crippen molar-refractivity contribution in [3.8, 4) is 0 Å². The van der Waals surface area contributed by atoms with Gasteiger partial charge in [-0.1, -0.05) is 0 Å². The van der Waals surface area contributed by atoms with Crippen LogP contribution in [0.25, 0.3) is 0 Å². The summed E-state index contributed by atoms with van der Waals surface area (Å²) in [6, 6.07) is 0. The summed E-state index contributed by atoms with van der Waals surface area (Å²) >= 11 is 4.75. The number of rotatable bonds is 3.